The molecule has 0 aromatic heterocycles. The minimum absolute atomic E-state index is 0.210. The standard InChI is InChI=1S/C27H38N2O6S2/c1-5-7-9-13-17-34-23-19-22(4)26(20-24(23)35-18-14-10-8-6-2)37(32,33)27(29-28)36(30,31)25-16-12-11-15-21(25)3/h11-12,15-16,19-20H,5-10,13-14,17-18H2,1-4H3. The van der Waals surface area contributed by atoms with Crippen molar-refractivity contribution in [2.45, 2.75) is 88.9 Å². The second-order valence-corrected chi connectivity index (χ2v) is 12.9. The van der Waals surface area contributed by atoms with Crippen molar-refractivity contribution in [2.24, 2.45) is 0 Å². The Morgan fingerprint density at radius 3 is 1.76 bits per heavy atom. The van der Waals surface area contributed by atoms with Crippen LogP contribution in [0.4, 0.5) is 0 Å². The monoisotopic (exact) mass is 550 g/mol. The molecular weight excluding hydrogens is 512 g/mol. The molecule has 8 nitrogen and oxygen atoms in total. The van der Waals surface area contributed by atoms with E-state index in [0.717, 1.165) is 51.4 Å². The molecule has 2 rings (SSSR count). The summed E-state index contributed by atoms with van der Waals surface area (Å²) in [6.45, 7) is 8.11. The van der Waals surface area contributed by atoms with Crippen LogP contribution in [0, 0.1) is 13.8 Å². The van der Waals surface area contributed by atoms with Crippen molar-refractivity contribution in [3.8, 4) is 11.5 Å². The highest BCUT2D eigenvalue weighted by Crippen LogP contribution is 2.35. The van der Waals surface area contributed by atoms with Gasteiger partial charge in [0.05, 0.1) is 23.0 Å². The first kappa shape index (κ1) is 30.5. The molecule has 0 atom stereocenters. The van der Waals surface area contributed by atoms with Gasteiger partial charge in [-0.05, 0) is 49.9 Å². The van der Waals surface area contributed by atoms with Crippen molar-refractivity contribution in [1.29, 1.82) is 0 Å². The molecule has 0 radical (unpaired) electrons. The van der Waals surface area contributed by atoms with Gasteiger partial charge in [0.15, 0.2) is 11.5 Å². The van der Waals surface area contributed by atoms with Crippen molar-refractivity contribution >= 4 is 24.1 Å². The predicted octanol–water partition coefficient (Wildman–Crippen LogP) is 6.06. The molecule has 0 fully saturated rings. The van der Waals surface area contributed by atoms with E-state index in [4.69, 9.17) is 9.47 Å². The SMILES string of the molecule is CCCCCCOc1cc(C)c(S(=O)(=O)C(=[N+]=[N-])S(=O)(=O)c2ccccc2C)cc1OCCCCCC. The molecular formula is C27H38N2O6S2. The number of aryl methyl sites for hydroxylation is 2. The summed E-state index contributed by atoms with van der Waals surface area (Å²) in [5.41, 5.74) is 10.2. The topological polar surface area (TPSA) is 123 Å². The predicted molar refractivity (Wildman–Crippen MR) is 145 cm³/mol. The van der Waals surface area contributed by atoms with Crippen molar-refractivity contribution in [3.63, 3.8) is 0 Å². The lowest BCUT2D eigenvalue weighted by molar-refractivity contribution is 0.00379. The van der Waals surface area contributed by atoms with Crippen LogP contribution in [0.15, 0.2) is 46.2 Å². The van der Waals surface area contributed by atoms with Gasteiger partial charge in [-0.3, -0.25) is 0 Å². The van der Waals surface area contributed by atoms with Crippen molar-refractivity contribution in [1.82, 2.24) is 0 Å². The summed E-state index contributed by atoms with van der Waals surface area (Å²) in [6, 6.07) is 8.72. The smallest absolute Gasteiger partial charge is 0.490 e. The van der Waals surface area contributed by atoms with Gasteiger partial charge in [-0.25, -0.2) is 16.8 Å². The van der Waals surface area contributed by atoms with Crippen molar-refractivity contribution < 1.29 is 31.1 Å². The number of rotatable bonds is 14. The van der Waals surface area contributed by atoms with E-state index in [9.17, 15) is 22.4 Å². The van der Waals surface area contributed by atoms with Gasteiger partial charge in [0.2, 0.25) is 0 Å². The molecule has 204 valence electrons. The lowest BCUT2D eigenvalue weighted by Gasteiger charge is -2.16. The molecule has 0 saturated carbocycles. The first-order chi connectivity index (χ1) is 17.6. The molecule has 0 amide bonds. The normalized spacial score (nSPS) is 11.7. The Hall–Kier alpha value is -2.68. The summed E-state index contributed by atoms with van der Waals surface area (Å²) in [5.74, 6) is 0.606. The van der Waals surface area contributed by atoms with E-state index in [1.54, 1.807) is 6.07 Å². The highest BCUT2D eigenvalue weighted by Gasteiger charge is 2.45. The molecule has 10 heteroatoms. The molecule has 0 aliphatic rings. The quantitative estimate of drug-likeness (QED) is 0.0927. The maximum atomic E-state index is 13.6. The number of benzene rings is 2. The summed E-state index contributed by atoms with van der Waals surface area (Å²) in [4.78, 5) is 2.19. The van der Waals surface area contributed by atoms with E-state index in [1.807, 2.05) is 0 Å². The number of sulfone groups is 2. The first-order valence-corrected chi connectivity index (χ1v) is 15.8. The largest absolute Gasteiger partial charge is 0.504 e. The van der Waals surface area contributed by atoms with E-state index in [0.29, 0.717) is 24.5 Å². The molecule has 2 aromatic rings. The molecule has 37 heavy (non-hydrogen) atoms. The Morgan fingerprint density at radius 2 is 1.24 bits per heavy atom. The second kappa shape index (κ2) is 14.3. The van der Waals surface area contributed by atoms with Crippen LogP contribution >= 0.6 is 0 Å². The average molecular weight is 551 g/mol. The summed E-state index contributed by atoms with van der Waals surface area (Å²) in [5, 5.41) is 0. The maximum absolute atomic E-state index is 13.6. The van der Waals surface area contributed by atoms with E-state index < -0.39 is 24.1 Å². The summed E-state index contributed by atoms with van der Waals surface area (Å²) in [7, 11) is -9.38. The summed E-state index contributed by atoms with van der Waals surface area (Å²) in [6.07, 6.45) is 7.93. The van der Waals surface area contributed by atoms with Gasteiger partial charge in [0.25, 0.3) is 19.7 Å². The van der Waals surface area contributed by atoms with Crippen LogP contribution in [0.5, 0.6) is 11.5 Å². The Labute approximate surface area is 221 Å². The molecule has 0 spiro atoms. The van der Waals surface area contributed by atoms with Gasteiger partial charge < -0.3 is 15.0 Å². The Balaban J connectivity index is 2.48. The fraction of sp³-hybridized carbons (Fsp3) is 0.519. The van der Waals surface area contributed by atoms with Gasteiger partial charge in [0, 0.05) is 6.07 Å². The third kappa shape index (κ3) is 7.90. The number of unbranched alkanes of at least 4 members (excludes halogenated alkanes) is 6. The second-order valence-electron chi connectivity index (χ2n) is 9.02. The first-order valence-electron chi connectivity index (χ1n) is 12.8. The zero-order chi connectivity index (χ0) is 27.5. The lowest BCUT2D eigenvalue weighted by Crippen LogP contribution is -2.27. The Morgan fingerprint density at radius 1 is 0.730 bits per heavy atom. The average Bonchev–Trinajstić information content (AvgIpc) is 2.84. The molecule has 0 aliphatic carbocycles. The van der Waals surface area contributed by atoms with E-state index in [1.165, 1.54) is 44.2 Å². The third-order valence-corrected chi connectivity index (χ3v) is 10.4. The number of nitrogens with zero attached hydrogens (tertiary/aromatic N) is 2. The summed E-state index contributed by atoms with van der Waals surface area (Å²) >= 11 is 0. The van der Waals surface area contributed by atoms with E-state index >= 15 is 0 Å². The zero-order valence-electron chi connectivity index (χ0n) is 22.2. The van der Waals surface area contributed by atoms with Gasteiger partial charge >= 0.3 is 4.38 Å². The minimum atomic E-state index is -4.74. The van der Waals surface area contributed by atoms with Crippen LogP contribution in [0.25, 0.3) is 5.53 Å². The fourth-order valence-corrected chi connectivity index (χ4v) is 7.66. The summed E-state index contributed by atoms with van der Waals surface area (Å²) < 4.78 is 64.1. The number of hydrogen-bond acceptors (Lipinski definition) is 6. The van der Waals surface area contributed by atoms with Gasteiger partial charge in [0.1, 0.15) is 0 Å². The zero-order valence-corrected chi connectivity index (χ0v) is 23.8. The van der Waals surface area contributed by atoms with Crippen molar-refractivity contribution in [3.05, 3.63) is 53.1 Å². The molecule has 0 aliphatic heterocycles. The van der Waals surface area contributed by atoms with Gasteiger partial charge in [-0.2, -0.15) is 0 Å². The molecule has 0 heterocycles. The molecule has 0 saturated heterocycles. The van der Waals surface area contributed by atoms with Gasteiger partial charge in [-0.15, -0.1) is 4.79 Å². The molecule has 0 unspecified atom stereocenters. The van der Waals surface area contributed by atoms with Crippen LogP contribution < -0.4 is 9.47 Å². The van der Waals surface area contributed by atoms with E-state index in [-0.39, 0.29) is 21.1 Å². The Kier molecular flexibility index (Phi) is 11.8. The number of ether oxygens (including phenoxy) is 2. The van der Waals surface area contributed by atoms with Crippen LogP contribution in [-0.2, 0) is 19.7 Å². The third-order valence-electron chi connectivity index (χ3n) is 5.97. The fourth-order valence-electron chi connectivity index (χ4n) is 3.88. The van der Waals surface area contributed by atoms with Crippen LogP contribution in [0.1, 0.15) is 76.3 Å². The van der Waals surface area contributed by atoms with E-state index in [2.05, 4.69) is 18.6 Å². The minimum Gasteiger partial charge on any atom is -0.490 e. The lowest BCUT2D eigenvalue weighted by atomic mass is 10.2. The number of hydrogen-bond donors (Lipinski definition) is 0. The highest BCUT2D eigenvalue weighted by molar-refractivity contribution is 8.31. The molecule has 0 N–H and O–H groups in total. The van der Waals surface area contributed by atoms with Crippen LogP contribution in [-0.4, -0.2) is 39.2 Å². The molecule has 0 bridgehead atoms. The maximum Gasteiger partial charge on any atom is 0.504 e. The van der Waals surface area contributed by atoms with Gasteiger partial charge in [-0.1, -0.05) is 70.6 Å². The van der Waals surface area contributed by atoms with Crippen LogP contribution in [0.2, 0.25) is 0 Å². The molecule has 2 aromatic carbocycles. The van der Waals surface area contributed by atoms with Crippen molar-refractivity contribution in [2.75, 3.05) is 13.2 Å². The highest BCUT2D eigenvalue weighted by atomic mass is 32.3. The van der Waals surface area contributed by atoms with Crippen LogP contribution in [0.3, 0.4) is 0 Å². The Bertz CT molecular complexity index is 1310.